The van der Waals surface area contributed by atoms with Crippen LogP contribution in [0, 0.1) is 34.0 Å². The van der Waals surface area contributed by atoms with E-state index in [0.29, 0.717) is 16.7 Å². The first kappa shape index (κ1) is 28.8. The van der Waals surface area contributed by atoms with Crippen LogP contribution in [0.1, 0.15) is 16.7 Å². The third-order valence-electron chi connectivity index (χ3n) is 9.64. The van der Waals surface area contributed by atoms with E-state index in [9.17, 15) is 15.8 Å². The third kappa shape index (κ3) is 4.31. The Morgan fingerprint density at radius 3 is 1.58 bits per heavy atom. The van der Waals surface area contributed by atoms with Crippen LogP contribution < -0.4 is 0 Å². The molecule has 0 aliphatic carbocycles. The zero-order chi connectivity index (χ0) is 33.8. The number of benzene rings is 7. The zero-order valence-corrected chi connectivity index (χ0v) is 26.7. The van der Waals surface area contributed by atoms with Crippen molar-refractivity contribution < 1.29 is 0 Å². The molecule has 0 bridgehead atoms. The molecule has 0 atom stereocenters. The highest BCUT2D eigenvalue weighted by molar-refractivity contribution is 6.11. The van der Waals surface area contributed by atoms with Gasteiger partial charge in [0.15, 0.2) is 0 Å². The summed E-state index contributed by atoms with van der Waals surface area (Å²) in [4.78, 5) is 0. The maximum atomic E-state index is 10.6. The van der Waals surface area contributed by atoms with Gasteiger partial charge in [-0.15, -0.1) is 0 Å². The Morgan fingerprint density at radius 2 is 0.900 bits per heavy atom. The van der Waals surface area contributed by atoms with Gasteiger partial charge in [0, 0.05) is 38.4 Å². The lowest BCUT2D eigenvalue weighted by molar-refractivity contribution is 1.18. The fraction of sp³-hybridized carbons (Fsp3) is 0. The van der Waals surface area contributed by atoms with Crippen LogP contribution in [0.4, 0.5) is 0 Å². The summed E-state index contributed by atoms with van der Waals surface area (Å²) >= 11 is 0. The van der Waals surface area contributed by atoms with Gasteiger partial charge >= 0.3 is 0 Å². The quantitative estimate of drug-likeness (QED) is 0.193. The molecule has 230 valence electrons. The van der Waals surface area contributed by atoms with Crippen molar-refractivity contribution in [1.29, 1.82) is 15.8 Å². The maximum Gasteiger partial charge on any atom is 0.0998 e. The van der Waals surface area contributed by atoms with E-state index in [0.717, 1.165) is 77.2 Å². The second-order valence-electron chi connectivity index (χ2n) is 12.3. The molecule has 2 heterocycles. The SMILES string of the molecule is N#Cc1ccc(-c2ccc(-n3c4ccccc4c4ccccc43)cc2C#N)c(-c2ccccc2-n2c3ccccc3c3cc(C#N)ccc32)c1. The zero-order valence-electron chi connectivity index (χ0n) is 26.7. The van der Waals surface area contributed by atoms with Crippen LogP contribution in [0.3, 0.4) is 0 Å². The molecule has 0 saturated carbocycles. The van der Waals surface area contributed by atoms with Crippen LogP contribution in [0.15, 0.2) is 152 Å². The number of rotatable bonds is 4. The lowest BCUT2D eigenvalue weighted by Gasteiger charge is -2.18. The molecule has 0 N–H and O–H groups in total. The average molecular weight is 636 g/mol. The molecule has 0 aliphatic heterocycles. The Bertz CT molecular complexity index is 2920. The lowest BCUT2D eigenvalue weighted by Crippen LogP contribution is -2.00. The fourth-order valence-corrected chi connectivity index (χ4v) is 7.47. The predicted molar refractivity (Wildman–Crippen MR) is 200 cm³/mol. The Balaban J connectivity index is 1.28. The van der Waals surface area contributed by atoms with Crippen molar-refractivity contribution >= 4 is 43.6 Å². The number of fused-ring (bicyclic) bond motifs is 6. The number of nitriles is 3. The average Bonchev–Trinajstić information content (AvgIpc) is 3.70. The van der Waals surface area contributed by atoms with Crippen molar-refractivity contribution in [3.8, 4) is 51.8 Å². The molecule has 9 aromatic rings. The van der Waals surface area contributed by atoms with E-state index in [4.69, 9.17) is 0 Å². The van der Waals surface area contributed by atoms with E-state index in [1.165, 1.54) is 0 Å². The highest BCUT2D eigenvalue weighted by Gasteiger charge is 2.20. The van der Waals surface area contributed by atoms with Gasteiger partial charge in [-0.05, 0) is 77.9 Å². The van der Waals surface area contributed by atoms with E-state index in [-0.39, 0.29) is 0 Å². The summed E-state index contributed by atoms with van der Waals surface area (Å²) < 4.78 is 4.44. The van der Waals surface area contributed by atoms with Crippen molar-refractivity contribution in [2.75, 3.05) is 0 Å². The highest BCUT2D eigenvalue weighted by atomic mass is 15.0. The van der Waals surface area contributed by atoms with Crippen LogP contribution >= 0.6 is 0 Å². The largest absolute Gasteiger partial charge is 0.309 e. The molecule has 0 saturated heterocycles. The molecule has 0 radical (unpaired) electrons. The van der Waals surface area contributed by atoms with Gasteiger partial charge in [0.2, 0.25) is 0 Å². The Kier molecular flexibility index (Phi) is 6.56. The van der Waals surface area contributed by atoms with Crippen LogP contribution in [-0.4, -0.2) is 9.13 Å². The first-order valence-electron chi connectivity index (χ1n) is 16.3. The summed E-state index contributed by atoms with van der Waals surface area (Å²) in [5.41, 5.74) is 11.0. The van der Waals surface area contributed by atoms with Crippen molar-refractivity contribution in [3.63, 3.8) is 0 Å². The molecular formula is C45H25N5. The minimum Gasteiger partial charge on any atom is -0.309 e. The molecule has 5 nitrogen and oxygen atoms in total. The van der Waals surface area contributed by atoms with E-state index in [2.05, 4.69) is 94.1 Å². The highest BCUT2D eigenvalue weighted by Crippen LogP contribution is 2.42. The third-order valence-corrected chi connectivity index (χ3v) is 9.64. The van der Waals surface area contributed by atoms with Gasteiger partial charge in [0.1, 0.15) is 0 Å². The molecule has 0 unspecified atom stereocenters. The molecule has 9 rings (SSSR count). The monoisotopic (exact) mass is 635 g/mol. The van der Waals surface area contributed by atoms with Crippen molar-refractivity contribution in [3.05, 3.63) is 168 Å². The second kappa shape index (κ2) is 11.4. The summed E-state index contributed by atoms with van der Waals surface area (Å²) in [5, 5.41) is 34.7. The van der Waals surface area contributed by atoms with Crippen molar-refractivity contribution in [2.24, 2.45) is 0 Å². The fourth-order valence-electron chi connectivity index (χ4n) is 7.47. The van der Waals surface area contributed by atoms with Crippen LogP contribution in [0.25, 0.3) is 77.2 Å². The first-order chi connectivity index (χ1) is 24.7. The minimum atomic E-state index is 0.528. The Labute approximate surface area is 287 Å². The number of nitrogens with zero attached hydrogens (tertiary/aromatic N) is 5. The van der Waals surface area contributed by atoms with Gasteiger partial charge in [-0.2, -0.15) is 15.8 Å². The minimum absolute atomic E-state index is 0.528. The number of hydrogen-bond donors (Lipinski definition) is 0. The second-order valence-corrected chi connectivity index (χ2v) is 12.3. The normalized spacial score (nSPS) is 11.1. The topological polar surface area (TPSA) is 81.2 Å². The molecule has 2 aromatic heterocycles. The van der Waals surface area contributed by atoms with E-state index < -0.39 is 0 Å². The summed E-state index contributed by atoms with van der Waals surface area (Å²) in [7, 11) is 0. The molecule has 0 aliphatic rings. The predicted octanol–water partition coefficient (Wildman–Crippen LogP) is 10.8. The summed E-state index contributed by atoms with van der Waals surface area (Å²) in [6, 6.07) is 57.7. The summed E-state index contributed by atoms with van der Waals surface area (Å²) in [6.07, 6.45) is 0. The van der Waals surface area contributed by atoms with Gasteiger partial charge in [-0.3, -0.25) is 0 Å². The molecule has 7 aromatic carbocycles. The van der Waals surface area contributed by atoms with Gasteiger partial charge in [0.05, 0.1) is 62.7 Å². The van der Waals surface area contributed by atoms with Gasteiger partial charge in [-0.25, -0.2) is 0 Å². The Morgan fingerprint density at radius 1 is 0.360 bits per heavy atom. The summed E-state index contributed by atoms with van der Waals surface area (Å²) in [5.74, 6) is 0. The van der Waals surface area contributed by atoms with Gasteiger partial charge < -0.3 is 9.13 Å². The van der Waals surface area contributed by atoms with E-state index in [1.54, 1.807) is 0 Å². The van der Waals surface area contributed by atoms with Crippen LogP contribution in [-0.2, 0) is 0 Å². The lowest BCUT2D eigenvalue weighted by atomic mass is 9.89. The van der Waals surface area contributed by atoms with Gasteiger partial charge in [-0.1, -0.05) is 84.9 Å². The molecule has 0 fully saturated rings. The molecular weight excluding hydrogens is 611 g/mol. The maximum absolute atomic E-state index is 10.6. The first-order valence-corrected chi connectivity index (χ1v) is 16.3. The van der Waals surface area contributed by atoms with Crippen LogP contribution in [0.5, 0.6) is 0 Å². The molecule has 50 heavy (non-hydrogen) atoms. The number of aromatic nitrogens is 2. The van der Waals surface area contributed by atoms with Crippen LogP contribution in [0.2, 0.25) is 0 Å². The van der Waals surface area contributed by atoms with E-state index >= 15 is 0 Å². The molecule has 0 amide bonds. The molecule has 5 heteroatoms. The van der Waals surface area contributed by atoms with Gasteiger partial charge in [0.25, 0.3) is 0 Å². The smallest absolute Gasteiger partial charge is 0.0998 e. The standard InChI is InChI=1S/C45H25N5/c46-26-29-17-20-34(33-21-19-32(25-31(33)28-48)49-41-13-5-1-9-35(41)36-10-2-6-14-42(36)49)39(23-29)37-11-3-7-15-43(37)50-44-16-8-4-12-38(44)40-24-30(27-47)18-22-45(40)50/h1-25H. The summed E-state index contributed by atoms with van der Waals surface area (Å²) in [6.45, 7) is 0. The number of hydrogen-bond acceptors (Lipinski definition) is 3. The Hall–Kier alpha value is -7.39. The van der Waals surface area contributed by atoms with Crippen molar-refractivity contribution in [2.45, 2.75) is 0 Å². The number of para-hydroxylation sites is 4. The van der Waals surface area contributed by atoms with Crippen molar-refractivity contribution in [1.82, 2.24) is 9.13 Å². The molecule has 0 spiro atoms. The van der Waals surface area contributed by atoms with E-state index in [1.807, 2.05) is 84.9 Å².